The Hall–Kier alpha value is -2.53. The van der Waals surface area contributed by atoms with Gasteiger partial charge in [-0.2, -0.15) is 0 Å². The van der Waals surface area contributed by atoms with Gasteiger partial charge in [0.25, 0.3) is 0 Å². The number of nitrogens with zero attached hydrogens (tertiary/aromatic N) is 1. The number of carbonyl (C=O) groups is 1. The van der Waals surface area contributed by atoms with Crippen molar-refractivity contribution in [2.75, 3.05) is 0 Å². The molecule has 1 N–H and O–H groups in total. The Bertz CT molecular complexity index is 1100. The van der Waals surface area contributed by atoms with Crippen LogP contribution in [0.3, 0.4) is 0 Å². The highest BCUT2D eigenvalue weighted by atomic mass is 16.6. The van der Waals surface area contributed by atoms with Gasteiger partial charge in [0, 0.05) is 35.7 Å². The third kappa shape index (κ3) is 3.25. The number of rotatable bonds is 1. The number of ether oxygens (including phenoxy) is 1. The zero-order valence-corrected chi connectivity index (χ0v) is 17.9. The lowest BCUT2D eigenvalue weighted by atomic mass is 9.72. The van der Waals surface area contributed by atoms with Crippen LogP contribution in [0.1, 0.15) is 58.4 Å². The maximum atomic E-state index is 12.9. The molecular formula is C25H29NO4. The second-order valence-electron chi connectivity index (χ2n) is 9.88. The Morgan fingerprint density at radius 2 is 1.73 bits per heavy atom. The van der Waals surface area contributed by atoms with Crippen LogP contribution in [0.5, 0.6) is 0 Å². The summed E-state index contributed by atoms with van der Waals surface area (Å²) in [4.78, 5) is 14.8. The Morgan fingerprint density at radius 1 is 1.07 bits per heavy atom. The average Bonchev–Trinajstić information content (AvgIpc) is 3.04. The lowest BCUT2D eigenvalue weighted by Gasteiger charge is -2.51. The number of furan rings is 1. The summed E-state index contributed by atoms with van der Waals surface area (Å²) < 4.78 is 11.6. The fraction of sp³-hybridized carbons (Fsp3) is 0.480. The molecule has 2 aromatic carbocycles. The Kier molecular flexibility index (Phi) is 4.37. The van der Waals surface area contributed by atoms with Gasteiger partial charge < -0.3 is 19.2 Å². The fourth-order valence-corrected chi connectivity index (χ4v) is 5.29. The van der Waals surface area contributed by atoms with Crippen LogP contribution in [0, 0.1) is 0 Å². The molecule has 1 aromatic heterocycles. The summed E-state index contributed by atoms with van der Waals surface area (Å²) in [5, 5.41) is 13.8. The quantitative estimate of drug-likeness (QED) is 0.560. The van der Waals surface area contributed by atoms with Crippen molar-refractivity contribution in [3.8, 4) is 0 Å². The van der Waals surface area contributed by atoms with Crippen molar-refractivity contribution in [1.29, 1.82) is 0 Å². The van der Waals surface area contributed by atoms with E-state index in [-0.39, 0.29) is 18.2 Å². The van der Waals surface area contributed by atoms with E-state index in [0.717, 1.165) is 46.8 Å². The minimum absolute atomic E-state index is 0.00543. The van der Waals surface area contributed by atoms with Crippen LogP contribution in [-0.2, 0) is 10.3 Å². The van der Waals surface area contributed by atoms with Gasteiger partial charge in [-0.15, -0.1) is 0 Å². The number of hydrogen-bond acceptors (Lipinski definition) is 4. The van der Waals surface area contributed by atoms with Gasteiger partial charge in [-0.05, 0) is 63.8 Å². The first-order chi connectivity index (χ1) is 14.2. The van der Waals surface area contributed by atoms with Gasteiger partial charge in [0.15, 0.2) is 0 Å². The number of benzene rings is 2. The van der Waals surface area contributed by atoms with Crippen molar-refractivity contribution in [2.45, 2.75) is 76.2 Å². The lowest BCUT2D eigenvalue weighted by Crippen LogP contribution is -2.59. The van der Waals surface area contributed by atoms with Crippen molar-refractivity contribution < 1.29 is 19.1 Å². The zero-order valence-electron chi connectivity index (χ0n) is 17.9. The summed E-state index contributed by atoms with van der Waals surface area (Å²) in [6.07, 6.45) is 3.68. The monoisotopic (exact) mass is 407 g/mol. The summed E-state index contributed by atoms with van der Waals surface area (Å²) in [7, 11) is 0. The highest BCUT2D eigenvalue weighted by molar-refractivity contribution is 6.05. The summed E-state index contributed by atoms with van der Waals surface area (Å²) in [6, 6.07) is 14.0. The first-order valence-corrected chi connectivity index (χ1v) is 10.9. The summed E-state index contributed by atoms with van der Waals surface area (Å²) >= 11 is 0. The van der Waals surface area contributed by atoms with Gasteiger partial charge in [0.05, 0.1) is 5.60 Å². The predicted molar refractivity (Wildman–Crippen MR) is 116 cm³/mol. The van der Waals surface area contributed by atoms with E-state index in [9.17, 15) is 9.90 Å². The van der Waals surface area contributed by atoms with Crippen LogP contribution >= 0.6 is 0 Å². The van der Waals surface area contributed by atoms with E-state index < -0.39 is 11.2 Å². The number of carbonyl (C=O) groups excluding carboxylic acids is 1. The number of fused-ring (bicyclic) bond motifs is 5. The van der Waals surface area contributed by atoms with Crippen molar-refractivity contribution >= 4 is 28.0 Å². The summed E-state index contributed by atoms with van der Waals surface area (Å²) in [5.41, 5.74) is 1.11. The summed E-state index contributed by atoms with van der Waals surface area (Å²) in [5.74, 6) is 0. The van der Waals surface area contributed by atoms with Gasteiger partial charge in [-0.1, -0.05) is 24.3 Å². The molecule has 1 amide bonds. The van der Waals surface area contributed by atoms with Gasteiger partial charge in [-0.3, -0.25) is 0 Å². The van der Waals surface area contributed by atoms with Crippen molar-refractivity contribution in [2.24, 2.45) is 0 Å². The van der Waals surface area contributed by atoms with E-state index >= 15 is 0 Å². The summed E-state index contributed by atoms with van der Waals surface area (Å²) in [6.45, 7) is 5.68. The highest BCUT2D eigenvalue weighted by Gasteiger charge is 2.49. The Labute approximate surface area is 176 Å². The second kappa shape index (κ2) is 6.74. The second-order valence-corrected chi connectivity index (χ2v) is 9.88. The molecule has 2 unspecified atom stereocenters. The van der Waals surface area contributed by atoms with Crippen molar-refractivity contribution in [3.05, 3.63) is 48.0 Å². The third-order valence-electron chi connectivity index (χ3n) is 6.53. The van der Waals surface area contributed by atoms with E-state index in [1.165, 1.54) is 0 Å². The van der Waals surface area contributed by atoms with Crippen molar-refractivity contribution in [1.82, 2.24) is 4.90 Å². The number of amides is 1. The molecule has 30 heavy (non-hydrogen) atoms. The highest BCUT2D eigenvalue weighted by Crippen LogP contribution is 2.45. The number of para-hydroxylation sites is 1. The van der Waals surface area contributed by atoms with E-state index in [1.54, 1.807) is 0 Å². The fourth-order valence-electron chi connectivity index (χ4n) is 5.29. The van der Waals surface area contributed by atoms with Gasteiger partial charge in [0.1, 0.15) is 16.8 Å². The molecule has 2 aliphatic heterocycles. The van der Waals surface area contributed by atoms with E-state index in [4.69, 9.17) is 9.15 Å². The molecule has 0 aliphatic carbocycles. The molecule has 2 bridgehead atoms. The molecule has 0 radical (unpaired) electrons. The Morgan fingerprint density at radius 3 is 2.43 bits per heavy atom. The van der Waals surface area contributed by atoms with Gasteiger partial charge >= 0.3 is 6.09 Å². The molecule has 2 saturated heterocycles. The van der Waals surface area contributed by atoms with Crippen LogP contribution in [0.25, 0.3) is 21.9 Å². The molecule has 5 nitrogen and oxygen atoms in total. The van der Waals surface area contributed by atoms with E-state index in [2.05, 4.69) is 12.1 Å². The molecule has 2 fully saturated rings. The molecule has 158 valence electrons. The predicted octanol–water partition coefficient (Wildman–Crippen LogP) is 5.73. The topological polar surface area (TPSA) is 62.9 Å². The van der Waals surface area contributed by atoms with Crippen LogP contribution in [0.2, 0.25) is 0 Å². The smallest absolute Gasteiger partial charge is 0.410 e. The standard InChI is InChI=1S/C25H29NO4/c1-24(2,3)30-23(27)26-17-7-6-8-18(26)15-25(28,14-17)16-11-12-22-20(13-16)19-9-4-5-10-21(19)29-22/h4-5,9-13,17-18,28H,6-8,14-15H2,1-3H3. The van der Waals surface area contributed by atoms with Crippen LogP contribution in [-0.4, -0.2) is 33.8 Å². The molecule has 3 aromatic rings. The van der Waals surface area contributed by atoms with Crippen molar-refractivity contribution in [3.63, 3.8) is 0 Å². The molecular weight excluding hydrogens is 378 g/mol. The maximum absolute atomic E-state index is 12.9. The molecule has 2 aliphatic rings. The van der Waals surface area contributed by atoms with Gasteiger partial charge in [-0.25, -0.2) is 4.79 Å². The molecule has 5 rings (SSSR count). The first-order valence-electron chi connectivity index (χ1n) is 10.9. The molecule has 5 heteroatoms. The van der Waals surface area contributed by atoms with Gasteiger partial charge in [0.2, 0.25) is 0 Å². The lowest BCUT2D eigenvalue weighted by molar-refractivity contribution is -0.0964. The molecule has 2 atom stereocenters. The first kappa shape index (κ1) is 19.4. The largest absolute Gasteiger partial charge is 0.456 e. The number of piperidine rings is 2. The van der Waals surface area contributed by atoms with Crippen LogP contribution in [0.15, 0.2) is 46.9 Å². The minimum Gasteiger partial charge on any atom is -0.456 e. The Balaban J connectivity index is 1.49. The maximum Gasteiger partial charge on any atom is 0.410 e. The van der Waals surface area contributed by atoms with Crippen LogP contribution in [0.4, 0.5) is 4.79 Å². The molecule has 0 saturated carbocycles. The average molecular weight is 408 g/mol. The SMILES string of the molecule is CC(C)(C)OC(=O)N1C2CCCC1CC(O)(c1ccc3oc4ccccc4c3c1)C2. The molecule has 0 spiro atoms. The molecule has 3 heterocycles. The van der Waals surface area contributed by atoms with E-state index in [0.29, 0.717) is 12.8 Å². The number of aliphatic hydroxyl groups is 1. The minimum atomic E-state index is -0.958. The van der Waals surface area contributed by atoms with E-state index in [1.807, 2.05) is 56.0 Å². The van der Waals surface area contributed by atoms with Crippen LogP contribution < -0.4 is 0 Å². The normalized spacial score (nSPS) is 26.9. The zero-order chi connectivity index (χ0) is 21.1. The third-order valence-corrected chi connectivity index (χ3v) is 6.53. The number of hydrogen-bond donors (Lipinski definition) is 1.